The van der Waals surface area contributed by atoms with Crippen molar-refractivity contribution in [1.82, 2.24) is 9.44 Å². The zero-order valence-corrected chi connectivity index (χ0v) is 9.07. The van der Waals surface area contributed by atoms with Crippen LogP contribution in [-0.4, -0.2) is 52.6 Å². The van der Waals surface area contributed by atoms with Crippen LogP contribution in [0.4, 0.5) is 13.2 Å². The van der Waals surface area contributed by atoms with Crippen LogP contribution < -0.4 is 9.44 Å². The van der Waals surface area contributed by atoms with Gasteiger partial charge in [0.25, 0.3) is 10.2 Å². The lowest BCUT2D eigenvalue weighted by Crippen LogP contribution is -2.42. The summed E-state index contributed by atoms with van der Waals surface area (Å²) in [4.78, 5) is 0. The van der Waals surface area contributed by atoms with E-state index in [0.717, 1.165) is 0 Å². The number of hydrogen-bond acceptors (Lipinski definition) is 4. The maximum Gasteiger partial charge on any atom is 0.402 e. The molecule has 0 amide bonds. The first kappa shape index (κ1) is 15.6. The fraction of sp³-hybridized carbons (Fsp3) is 1.00. The van der Waals surface area contributed by atoms with Gasteiger partial charge in [-0.3, -0.25) is 0 Å². The lowest BCUT2D eigenvalue weighted by atomic mass is 10.7. The molecule has 0 bridgehead atoms. The maximum atomic E-state index is 11.7. The molecule has 0 aromatic rings. The molecular weight excluding hydrogens is 253 g/mol. The van der Waals surface area contributed by atoms with Gasteiger partial charge in [0.2, 0.25) is 0 Å². The molecule has 0 atom stereocenters. The minimum Gasteiger partial charge on any atom is -0.394 e. The third kappa shape index (κ3) is 10.1. The van der Waals surface area contributed by atoms with Crippen LogP contribution in [0.15, 0.2) is 0 Å². The predicted octanol–water partition coefficient (Wildman–Crippen LogP) is -1.02. The highest BCUT2D eigenvalue weighted by atomic mass is 32.2. The van der Waals surface area contributed by atoms with Crippen LogP contribution in [0.1, 0.15) is 0 Å². The summed E-state index contributed by atoms with van der Waals surface area (Å²) in [5, 5.41) is 8.30. The quantitative estimate of drug-likeness (QED) is 0.491. The van der Waals surface area contributed by atoms with Crippen LogP contribution in [0.3, 0.4) is 0 Å². The van der Waals surface area contributed by atoms with Crippen LogP contribution in [-0.2, 0) is 14.9 Å². The van der Waals surface area contributed by atoms with Gasteiger partial charge in [0.15, 0.2) is 0 Å². The molecule has 0 aliphatic rings. The van der Waals surface area contributed by atoms with Crippen LogP contribution in [0.5, 0.6) is 0 Å². The Labute approximate surface area is 91.0 Å². The van der Waals surface area contributed by atoms with Crippen LogP contribution in [0.2, 0.25) is 0 Å². The van der Waals surface area contributed by atoms with Crippen molar-refractivity contribution in [3.05, 3.63) is 0 Å². The van der Waals surface area contributed by atoms with Crippen molar-refractivity contribution in [2.24, 2.45) is 0 Å². The number of aliphatic hydroxyl groups excluding tert-OH is 1. The van der Waals surface area contributed by atoms with E-state index in [0.29, 0.717) is 0 Å². The van der Waals surface area contributed by atoms with Crippen molar-refractivity contribution in [3.8, 4) is 0 Å². The molecule has 0 rings (SSSR count). The summed E-state index contributed by atoms with van der Waals surface area (Å²) in [5.41, 5.74) is 0. The fourth-order valence-corrected chi connectivity index (χ4v) is 1.45. The zero-order valence-electron chi connectivity index (χ0n) is 8.25. The number of nitrogens with one attached hydrogen (secondary N) is 2. The van der Waals surface area contributed by atoms with Gasteiger partial charge in [-0.2, -0.15) is 31.0 Å². The average Bonchev–Trinajstić information content (AvgIpc) is 2.14. The van der Waals surface area contributed by atoms with Crippen LogP contribution in [0.25, 0.3) is 0 Å². The van der Waals surface area contributed by atoms with Crippen molar-refractivity contribution in [1.29, 1.82) is 0 Å². The SMILES string of the molecule is O=S(=O)(NCCOCCO)NCC(F)(F)F. The summed E-state index contributed by atoms with van der Waals surface area (Å²) in [6.45, 7) is -2.00. The first-order valence-electron chi connectivity index (χ1n) is 4.26. The van der Waals surface area contributed by atoms with E-state index in [1.165, 1.54) is 4.72 Å². The van der Waals surface area contributed by atoms with E-state index in [-0.39, 0.29) is 26.4 Å². The minimum atomic E-state index is -4.60. The number of hydrogen-bond donors (Lipinski definition) is 3. The van der Waals surface area contributed by atoms with Crippen molar-refractivity contribution in [3.63, 3.8) is 0 Å². The second-order valence-corrected chi connectivity index (χ2v) is 4.25. The number of aliphatic hydroxyl groups is 1. The summed E-state index contributed by atoms with van der Waals surface area (Å²) in [6, 6.07) is 0. The summed E-state index contributed by atoms with van der Waals surface area (Å²) >= 11 is 0. The highest BCUT2D eigenvalue weighted by Gasteiger charge is 2.29. The topological polar surface area (TPSA) is 87.7 Å². The highest BCUT2D eigenvalue weighted by Crippen LogP contribution is 2.12. The molecule has 10 heteroatoms. The monoisotopic (exact) mass is 266 g/mol. The Balaban J connectivity index is 3.71. The van der Waals surface area contributed by atoms with E-state index in [4.69, 9.17) is 9.84 Å². The van der Waals surface area contributed by atoms with E-state index < -0.39 is 22.9 Å². The Morgan fingerprint density at radius 3 is 2.31 bits per heavy atom. The molecule has 0 aliphatic heterocycles. The lowest BCUT2D eigenvalue weighted by molar-refractivity contribution is -0.121. The molecular formula is C6H13F3N2O4S. The number of rotatable bonds is 8. The number of halogens is 3. The molecule has 0 saturated carbocycles. The predicted molar refractivity (Wildman–Crippen MR) is 48.9 cm³/mol. The molecule has 0 radical (unpaired) electrons. The molecule has 6 nitrogen and oxygen atoms in total. The van der Waals surface area contributed by atoms with Crippen LogP contribution in [0, 0.1) is 0 Å². The molecule has 0 aliphatic carbocycles. The van der Waals surface area contributed by atoms with Crippen molar-refractivity contribution in [2.45, 2.75) is 6.18 Å². The summed E-state index contributed by atoms with van der Waals surface area (Å²) in [5.74, 6) is 0. The van der Waals surface area contributed by atoms with Gasteiger partial charge in [0.1, 0.15) is 6.54 Å². The number of alkyl halides is 3. The highest BCUT2D eigenvalue weighted by molar-refractivity contribution is 7.87. The molecule has 3 N–H and O–H groups in total. The first-order chi connectivity index (χ1) is 7.27. The molecule has 0 saturated heterocycles. The summed E-state index contributed by atoms with van der Waals surface area (Å²) < 4.78 is 64.6. The molecule has 0 fully saturated rings. The largest absolute Gasteiger partial charge is 0.402 e. The van der Waals surface area contributed by atoms with Gasteiger partial charge in [0, 0.05) is 6.54 Å². The molecule has 0 heterocycles. The average molecular weight is 266 g/mol. The summed E-state index contributed by atoms with van der Waals surface area (Å²) in [6.07, 6.45) is -4.60. The maximum absolute atomic E-state index is 11.7. The molecule has 0 aromatic heterocycles. The summed E-state index contributed by atoms with van der Waals surface area (Å²) in [7, 11) is -4.16. The Kier molecular flexibility index (Phi) is 6.83. The molecule has 0 unspecified atom stereocenters. The van der Waals surface area contributed by atoms with E-state index in [2.05, 4.69) is 0 Å². The Morgan fingerprint density at radius 1 is 1.19 bits per heavy atom. The normalized spacial score (nSPS) is 13.0. The van der Waals surface area contributed by atoms with Gasteiger partial charge >= 0.3 is 6.18 Å². The van der Waals surface area contributed by atoms with Crippen molar-refractivity contribution in [2.75, 3.05) is 32.9 Å². The fourth-order valence-electron chi connectivity index (χ4n) is 0.643. The number of ether oxygens (including phenoxy) is 1. The van der Waals surface area contributed by atoms with Gasteiger partial charge in [-0.1, -0.05) is 0 Å². The standard InChI is InChI=1S/C6H13F3N2O4S/c7-6(8,9)5-11-16(13,14)10-1-3-15-4-2-12/h10-12H,1-5H2. The van der Waals surface area contributed by atoms with Crippen LogP contribution >= 0.6 is 0 Å². The van der Waals surface area contributed by atoms with E-state index in [1.807, 2.05) is 4.72 Å². The first-order valence-corrected chi connectivity index (χ1v) is 5.75. The Hall–Kier alpha value is -0.420. The van der Waals surface area contributed by atoms with Gasteiger partial charge in [-0.15, -0.1) is 0 Å². The lowest BCUT2D eigenvalue weighted by Gasteiger charge is -2.10. The van der Waals surface area contributed by atoms with Gasteiger partial charge in [0.05, 0.1) is 19.8 Å². The van der Waals surface area contributed by atoms with Gasteiger partial charge in [-0.25, -0.2) is 0 Å². The van der Waals surface area contributed by atoms with E-state index in [1.54, 1.807) is 0 Å². The molecule has 0 spiro atoms. The smallest absolute Gasteiger partial charge is 0.394 e. The van der Waals surface area contributed by atoms with E-state index in [9.17, 15) is 21.6 Å². The van der Waals surface area contributed by atoms with Crippen molar-refractivity contribution < 1.29 is 31.4 Å². The van der Waals surface area contributed by atoms with Gasteiger partial charge in [-0.05, 0) is 0 Å². The van der Waals surface area contributed by atoms with Gasteiger partial charge < -0.3 is 9.84 Å². The molecule has 0 aromatic carbocycles. The molecule has 98 valence electrons. The van der Waals surface area contributed by atoms with E-state index >= 15 is 0 Å². The zero-order chi connectivity index (χ0) is 12.7. The second kappa shape index (κ2) is 7.01. The Bertz CT molecular complexity index is 280. The molecule has 16 heavy (non-hydrogen) atoms. The third-order valence-electron chi connectivity index (χ3n) is 1.24. The van der Waals surface area contributed by atoms with Crippen molar-refractivity contribution >= 4 is 10.2 Å². The minimum absolute atomic E-state index is 0.0342. The Morgan fingerprint density at radius 2 is 1.81 bits per heavy atom. The third-order valence-corrected chi connectivity index (χ3v) is 2.35. The second-order valence-electron chi connectivity index (χ2n) is 2.67.